The van der Waals surface area contributed by atoms with Crippen LogP contribution in [0.4, 0.5) is 17.6 Å². The van der Waals surface area contributed by atoms with Gasteiger partial charge in [0.25, 0.3) is 5.92 Å². The minimum absolute atomic E-state index is 0.0866. The lowest BCUT2D eigenvalue weighted by atomic mass is 9.68. The molecule has 0 bridgehead atoms. The van der Waals surface area contributed by atoms with Crippen molar-refractivity contribution in [2.45, 2.75) is 78.1 Å². The summed E-state index contributed by atoms with van der Waals surface area (Å²) in [5.74, 6) is -6.66. The number of hydrogen-bond donors (Lipinski definition) is 0. The normalized spacial score (nSPS) is 43.2. The largest absolute Gasteiger partial charge is 0.291 e. The molecule has 0 amide bonds. The Morgan fingerprint density at radius 1 is 1.00 bits per heavy atom. The van der Waals surface area contributed by atoms with Gasteiger partial charge in [0, 0.05) is 5.92 Å². The third-order valence-corrected chi connectivity index (χ3v) is 7.12. The molecule has 0 radical (unpaired) electrons. The number of halogens is 4. The minimum atomic E-state index is -3.76. The van der Waals surface area contributed by atoms with Crippen molar-refractivity contribution < 1.29 is 17.6 Å². The Morgan fingerprint density at radius 3 is 2.21 bits per heavy atom. The van der Waals surface area contributed by atoms with Gasteiger partial charge in [-0.05, 0) is 58.8 Å². The molecule has 0 N–H and O–H groups in total. The first kappa shape index (κ1) is 21.4. The van der Waals surface area contributed by atoms with Gasteiger partial charge in [-0.2, -0.15) is 0 Å². The fourth-order valence-corrected chi connectivity index (χ4v) is 5.66. The monoisotopic (exact) mass is 396 g/mol. The molecule has 0 aromatic heterocycles. The van der Waals surface area contributed by atoms with E-state index >= 15 is 17.6 Å². The van der Waals surface area contributed by atoms with Crippen molar-refractivity contribution in [3.05, 3.63) is 46.6 Å². The van der Waals surface area contributed by atoms with Crippen LogP contribution in [0, 0.1) is 23.7 Å². The smallest absolute Gasteiger partial charge is 0.240 e. The predicted molar refractivity (Wildman–Crippen MR) is 107 cm³/mol. The van der Waals surface area contributed by atoms with Gasteiger partial charge < -0.3 is 0 Å². The molecule has 1 saturated carbocycles. The van der Waals surface area contributed by atoms with Gasteiger partial charge in [0.1, 0.15) is 0 Å². The summed E-state index contributed by atoms with van der Waals surface area (Å²) in [6.07, 6.45) is 9.38. The highest BCUT2D eigenvalue weighted by atomic mass is 19.3. The first-order chi connectivity index (χ1) is 12.8. The highest BCUT2D eigenvalue weighted by molar-refractivity contribution is 5.38. The Kier molecular flexibility index (Phi) is 5.26. The van der Waals surface area contributed by atoms with Crippen LogP contribution in [0.5, 0.6) is 0 Å². The summed E-state index contributed by atoms with van der Waals surface area (Å²) in [7, 11) is 0. The summed E-state index contributed by atoms with van der Waals surface area (Å²) in [6, 6.07) is 0. The van der Waals surface area contributed by atoms with Gasteiger partial charge in [-0.25, -0.2) is 17.6 Å². The van der Waals surface area contributed by atoms with E-state index in [9.17, 15) is 0 Å². The Labute approximate surface area is 166 Å². The molecule has 0 heterocycles. The topological polar surface area (TPSA) is 0 Å². The molecule has 156 valence electrons. The molecule has 0 nitrogen and oxygen atoms in total. The van der Waals surface area contributed by atoms with E-state index in [1.54, 1.807) is 6.08 Å². The van der Waals surface area contributed by atoms with Crippen LogP contribution < -0.4 is 0 Å². The maximum atomic E-state index is 15.9. The molecule has 28 heavy (non-hydrogen) atoms. The summed E-state index contributed by atoms with van der Waals surface area (Å²) in [4.78, 5) is 0. The Hall–Kier alpha value is -1.32. The van der Waals surface area contributed by atoms with Crippen molar-refractivity contribution in [2.24, 2.45) is 23.7 Å². The lowest BCUT2D eigenvalue weighted by Crippen LogP contribution is -2.51. The standard InChI is InChI=1S/C24H32F4/c1-7-17-9-16(4)12-19(13-17)20-21(18-10-14(2)8-15(3)11-18)24(27,28)23(6,26)22(20,5)25/h8-10,13,15,19-21H,7,11-12H2,1-6H3. The molecule has 0 saturated heterocycles. The van der Waals surface area contributed by atoms with E-state index in [4.69, 9.17) is 0 Å². The summed E-state index contributed by atoms with van der Waals surface area (Å²) in [6.45, 7) is 9.57. The van der Waals surface area contributed by atoms with Crippen LogP contribution in [0.3, 0.4) is 0 Å². The molecule has 6 unspecified atom stereocenters. The first-order valence-corrected chi connectivity index (χ1v) is 10.3. The molecule has 0 spiro atoms. The van der Waals surface area contributed by atoms with Crippen molar-refractivity contribution >= 4 is 0 Å². The molecule has 3 aliphatic rings. The Balaban J connectivity index is 2.16. The summed E-state index contributed by atoms with van der Waals surface area (Å²) in [5.41, 5.74) is -2.41. The second-order valence-electron chi connectivity index (χ2n) is 9.47. The van der Waals surface area contributed by atoms with Crippen molar-refractivity contribution in [1.82, 2.24) is 0 Å². The van der Waals surface area contributed by atoms with Crippen molar-refractivity contribution in [2.75, 3.05) is 0 Å². The van der Waals surface area contributed by atoms with Gasteiger partial charge in [0.15, 0.2) is 5.67 Å². The quantitative estimate of drug-likeness (QED) is 0.432. The van der Waals surface area contributed by atoms with Gasteiger partial charge in [-0.1, -0.05) is 60.4 Å². The van der Waals surface area contributed by atoms with Crippen LogP contribution in [0.25, 0.3) is 0 Å². The second-order valence-corrected chi connectivity index (χ2v) is 9.47. The molecule has 0 aliphatic heterocycles. The molecule has 0 aromatic carbocycles. The number of allylic oxidation sites excluding steroid dienone is 8. The zero-order valence-corrected chi connectivity index (χ0v) is 17.8. The fraction of sp³-hybridized carbons (Fsp3) is 0.667. The number of alkyl halides is 4. The summed E-state index contributed by atoms with van der Waals surface area (Å²) in [5, 5.41) is 0. The van der Waals surface area contributed by atoms with Gasteiger partial charge in [0.05, 0.1) is 5.92 Å². The van der Waals surface area contributed by atoms with E-state index < -0.39 is 35.0 Å². The van der Waals surface area contributed by atoms with Crippen LogP contribution >= 0.6 is 0 Å². The van der Waals surface area contributed by atoms with E-state index in [1.807, 2.05) is 45.9 Å². The summed E-state index contributed by atoms with van der Waals surface area (Å²) >= 11 is 0. The number of rotatable bonds is 3. The molecule has 6 atom stereocenters. The maximum Gasteiger partial charge on any atom is 0.291 e. The van der Waals surface area contributed by atoms with Crippen LogP contribution in [-0.4, -0.2) is 17.3 Å². The fourth-order valence-electron chi connectivity index (χ4n) is 5.66. The predicted octanol–water partition coefficient (Wildman–Crippen LogP) is 7.54. The van der Waals surface area contributed by atoms with Gasteiger partial charge >= 0.3 is 0 Å². The third kappa shape index (κ3) is 3.11. The Morgan fingerprint density at radius 2 is 1.64 bits per heavy atom. The molecule has 3 rings (SSSR count). The Bertz CT molecular complexity index is 763. The highest BCUT2D eigenvalue weighted by Crippen LogP contribution is 2.65. The highest BCUT2D eigenvalue weighted by Gasteiger charge is 2.78. The average Bonchev–Trinajstić information content (AvgIpc) is 2.67. The number of hydrogen-bond acceptors (Lipinski definition) is 0. The molecule has 3 aliphatic carbocycles. The summed E-state index contributed by atoms with van der Waals surface area (Å²) < 4.78 is 62.4. The van der Waals surface area contributed by atoms with Crippen molar-refractivity contribution in [3.8, 4) is 0 Å². The SMILES string of the molecule is CCC1=CC(C2C(C3=CC(C)=CC(C)C3)C(F)(F)C(C)(F)C2(C)F)CC(C)=C1. The van der Waals surface area contributed by atoms with E-state index in [1.165, 1.54) is 0 Å². The van der Waals surface area contributed by atoms with Crippen molar-refractivity contribution in [3.63, 3.8) is 0 Å². The zero-order chi connectivity index (χ0) is 21.1. The zero-order valence-electron chi connectivity index (χ0n) is 17.8. The van der Waals surface area contributed by atoms with E-state index in [0.29, 0.717) is 18.4 Å². The van der Waals surface area contributed by atoms with Gasteiger partial charge in [-0.15, -0.1) is 0 Å². The van der Waals surface area contributed by atoms with Crippen LogP contribution in [0.2, 0.25) is 0 Å². The second kappa shape index (κ2) is 6.88. The van der Waals surface area contributed by atoms with Crippen molar-refractivity contribution in [1.29, 1.82) is 0 Å². The van der Waals surface area contributed by atoms with Crippen LogP contribution in [0.1, 0.15) is 60.8 Å². The molecule has 0 aromatic rings. The lowest BCUT2D eigenvalue weighted by molar-refractivity contribution is -0.160. The third-order valence-electron chi connectivity index (χ3n) is 7.12. The van der Waals surface area contributed by atoms with Crippen LogP contribution in [-0.2, 0) is 0 Å². The molecule has 4 heteroatoms. The van der Waals surface area contributed by atoms with Gasteiger partial charge in [0.2, 0.25) is 5.67 Å². The van der Waals surface area contributed by atoms with Gasteiger partial charge in [-0.3, -0.25) is 0 Å². The first-order valence-electron chi connectivity index (χ1n) is 10.3. The van der Waals surface area contributed by atoms with E-state index in [0.717, 1.165) is 37.0 Å². The average molecular weight is 397 g/mol. The molecular formula is C24H32F4. The molecular weight excluding hydrogens is 364 g/mol. The van der Waals surface area contributed by atoms with E-state index in [-0.39, 0.29) is 5.92 Å². The van der Waals surface area contributed by atoms with Crippen LogP contribution in [0.15, 0.2) is 46.6 Å². The molecule has 1 fully saturated rings. The maximum absolute atomic E-state index is 15.9. The van der Waals surface area contributed by atoms with E-state index in [2.05, 4.69) is 0 Å². The minimum Gasteiger partial charge on any atom is -0.240 e. The lowest BCUT2D eigenvalue weighted by Gasteiger charge is -2.37.